The van der Waals surface area contributed by atoms with Crippen molar-refractivity contribution in [1.29, 1.82) is 0 Å². The van der Waals surface area contributed by atoms with Crippen LogP contribution >= 0.6 is 11.8 Å². The maximum Gasteiger partial charge on any atom is 0.255 e. The summed E-state index contributed by atoms with van der Waals surface area (Å²) in [5.41, 5.74) is 0. The molecule has 0 aromatic heterocycles. The number of hydrogen-bond donors (Lipinski definition) is 1. The van der Waals surface area contributed by atoms with Crippen LogP contribution in [-0.4, -0.2) is 28.4 Å². The first-order chi connectivity index (χ1) is 4.75. The molecule has 4 heteroatoms. The van der Waals surface area contributed by atoms with Crippen molar-refractivity contribution in [2.24, 2.45) is 5.92 Å². The van der Waals surface area contributed by atoms with Crippen molar-refractivity contribution >= 4 is 22.7 Å². The summed E-state index contributed by atoms with van der Waals surface area (Å²) in [6, 6.07) is 0. The molecule has 0 radical (unpaired) electrons. The van der Waals surface area contributed by atoms with E-state index in [9.17, 15) is 9.59 Å². The fraction of sp³-hybridized carbons (Fsp3) is 0.667. The van der Waals surface area contributed by atoms with E-state index in [1.54, 1.807) is 0 Å². The molecule has 0 aliphatic carbocycles. The molecular formula is C6H8O3S. The minimum Gasteiger partial charge on any atom is -0.396 e. The Labute approximate surface area is 62.8 Å². The zero-order chi connectivity index (χ0) is 7.56. The molecule has 10 heavy (non-hydrogen) atoms. The Hall–Kier alpha value is -0.350. The fourth-order valence-corrected chi connectivity index (χ4v) is 1.73. The number of aliphatic hydroxyl groups is 1. The molecule has 0 bridgehead atoms. The van der Waals surface area contributed by atoms with Gasteiger partial charge in [-0.2, -0.15) is 0 Å². The summed E-state index contributed by atoms with van der Waals surface area (Å²) < 4.78 is 0. The normalized spacial score (nSPS) is 27.1. The van der Waals surface area contributed by atoms with Crippen LogP contribution in [0.2, 0.25) is 0 Å². The summed E-state index contributed by atoms with van der Waals surface area (Å²) in [4.78, 5) is 21.5. The van der Waals surface area contributed by atoms with Crippen molar-refractivity contribution in [2.45, 2.75) is 6.42 Å². The highest BCUT2D eigenvalue weighted by molar-refractivity contribution is 8.15. The van der Waals surface area contributed by atoms with Gasteiger partial charge in [0.05, 0.1) is 12.5 Å². The van der Waals surface area contributed by atoms with Gasteiger partial charge in [-0.3, -0.25) is 9.59 Å². The van der Waals surface area contributed by atoms with E-state index in [0.29, 0.717) is 12.2 Å². The van der Waals surface area contributed by atoms with Gasteiger partial charge in [0, 0.05) is 5.75 Å². The SMILES string of the molecule is O=C1SCC[C@H](CO)C1=O. The second kappa shape index (κ2) is 3.16. The monoisotopic (exact) mass is 160 g/mol. The van der Waals surface area contributed by atoms with Crippen molar-refractivity contribution in [3.8, 4) is 0 Å². The molecule has 1 atom stereocenters. The molecule has 1 aliphatic rings. The highest BCUT2D eigenvalue weighted by Gasteiger charge is 2.28. The van der Waals surface area contributed by atoms with E-state index in [0.717, 1.165) is 11.8 Å². The molecule has 0 unspecified atom stereocenters. The number of Topliss-reactive ketones (excluding diaryl/α,β-unsaturated/α-hetero) is 1. The maximum absolute atomic E-state index is 10.8. The van der Waals surface area contributed by atoms with Crippen LogP contribution in [0.15, 0.2) is 0 Å². The van der Waals surface area contributed by atoms with E-state index >= 15 is 0 Å². The van der Waals surface area contributed by atoms with Gasteiger partial charge in [-0.25, -0.2) is 0 Å². The van der Waals surface area contributed by atoms with Gasteiger partial charge in [0.1, 0.15) is 0 Å². The molecule has 0 aromatic rings. The molecule has 1 saturated heterocycles. The first kappa shape index (κ1) is 7.75. The molecule has 1 N–H and O–H groups in total. The van der Waals surface area contributed by atoms with E-state index in [1.807, 2.05) is 0 Å². The van der Waals surface area contributed by atoms with Crippen molar-refractivity contribution in [1.82, 2.24) is 0 Å². The fourth-order valence-electron chi connectivity index (χ4n) is 0.837. The van der Waals surface area contributed by atoms with Gasteiger partial charge in [-0.05, 0) is 6.42 Å². The second-order valence-corrected chi connectivity index (χ2v) is 3.24. The summed E-state index contributed by atoms with van der Waals surface area (Å²) in [6.45, 7) is -0.189. The summed E-state index contributed by atoms with van der Waals surface area (Å²) >= 11 is 1.05. The van der Waals surface area contributed by atoms with Crippen LogP contribution in [0.3, 0.4) is 0 Å². The number of thioether (sulfide) groups is 1. The first-order valence-electron chi connectivity index (χ1n) is 3.07. The average molecular weight is 160 g/mol. The van der Waals surface area contributed by atoms with Crippen molar-refractivity contribution in [3.63, 3.8) is 0 Å². The van der Waals surface area contributed by atoms with Gasteiger partial charge < -0.3 is 5.11 Å². The van der Waals surface area contributed by atoms with Gasteiger partial charge in [0.15, 0.2) is 0 Å². The lowest BCUT2D eigenvalue weighted by Crippen LogP contribution is -2.29. The Bertz CT molecular complexity index is 166. The third-order valence-electron chi connectivity index (χ3n) is 1.49. The standard InChI is InChI=1S/C6H8O3S/c7-3-4-1-2-10-6(9)5(4)8/h4,7H,1-3H2/t4-/m1/s1. The van der Waals surface area contributed by atoms with E-state index in [2.05, 4.69) is 0 Å². The third kappa shape index (κ3) is 1.38. The lowest BCUT2D eigenvalue weighted by molar-refractivity contribution is -0.135. The molecular weight excluding hydrogens is 152 g/mol. The Balaban J connectivity index is 2.60. The quantitative estimate of drug-likeness (QED) is 0.541. The molecule has 0 amide bonds. The topological polar surface area (TPSA) is 54.4 Å². The van der Waals surface area contributed by atoms with E-state index in [1.165, 1.54) is 0 Å². The third-order valence-corrected chi connectivity index (χ3v) is 2.40. The average Bonchev–Trinajstić information content (AvgIpc) is 1.95. The van der Waals surface area contributed by atoms with Crippen LogP contribution < -0.4 is 0 Å². The summed E-state index contributed by atoms with van der Waals surface area (Å²) in [5, 5.41) is 8.20. The largest absolute Gasteiger partial charge is 0.396 e. The number of rotatable bonds is 1. The zero-order valence-corrected chi connectivity index (χ0v) is 6.19. The van der Waals surface area contributed by atoms with Gasteiger partial charge in [-0.1, -0.05) is 11.8 Å². The molecule has 1 aliphatic heterocycles. The Morgan fingerprint density at radius 3 is 2.80 bits per heavy atom. The van der Waals surface area contributed by atoms with Crippen molar-refractivity contribution < 1.29 is 14.7 Å². The van der Waals surface area contributed by atoms with Crippen LogP contribution in [0, 0.1) is 5.92 Å². The first-order valence-corrected chi connectivity index (χ1v) is 4.06. The molecule has 56 valence electrons. The number of ketones is 1. The lowest BCUT2D eigenvalue weighted by atomic mass is 10.0. The maximum atomic E-state index is 10.8. The highest BCUT2D eigenvalue weighted by Crippen LogP contribution is 2.20. The summed E-state index contributed by atoms with van der Waals surface area (Å²) in [6.07, 6.45) is 0.631. The number of hydrogen-bond acceptors (Lipinski definition) is 4. The summed E-state index contributed by atoms with van der Waals surface area (Å²) in [7, 11) is 0. The Morgan fingerprint density at radius 1 is 1.60 bits per heavy atom. The van der Waals surface area contributed by atoms with Gasteiger partial charge in [0.2, 0.25) is 5.78 Å². The zero-order valence-electron chi connectivity index (χ0n) is 5.37. The molecule has 1 heterocycles. The van der Waals surface area contributed by atoms with Crippen molar-refractivity contribution in [2.75, 3.05) is 12.4 Å². The minimum atomic E-state index is -0.422. The molecule has 1 rings (SSSR count). The second-order valence-electron chi connectivity index (χ2n) is 2.17. The lowest BCUT2D eigenvalue weighted by Gasteiger charge is -2.15. The van der Waals surface area contributed by atoms with Gasteiger partial charge >= 0.3 is 0 Å². The highest BCUT2D eigenvalue weighted by atomic mass is 32.2. The molecule has 0 saturated carbocycles. The summed E-state index contributed by atoms with van der Waals surface area (Å²) in [5.74, 6) is -0.178. The molecule has 1 fully saturated rings. The molecule has 3 nitrogen and oxygen atoms in total. The number of carbonyl (C=O) groups is 2. The molecule has 0 spiro atoms. The van der Waals surface area contributed by atoms with Crippen LogP contribution in [0.4, 0.5) is 0 Å². The van der Waals surface area contributed by atoms with Crippen LogP contribution in [0.5, 0.6) is 0 Å². The smallest absolute Gasteiger partial charge is 0.255 e. The predicted octanol–water partition coefficient (Wildman–Crippen LogP) is -0.173. The van der Waals surface area contributed by atoms with E-state index in [-0.39, 0.29) is 6.61 Å². The minimum absolute atomic E-state index is 0.189. The number of carbonyl (C=O) groups excluding carboxylic acids is 2. The van der Waals surface area contributed by atoms with Gasteiger partial charge in [-0.15, -0.1) is 0 Å². The van der Waals surface area contributed by atoms with E-state index < -0.39 is 16.8 Å². The number of aliphatic hydroxyl groups excluding tert-OH is 1. The van der Waals surface area contributed by atoms with Crippen LogP contribution in [0.1, 0.15) is 6.42 Å². The Morgan fingerprint density at radius 2 is 2.30 bits per heavy atom. The Kier molecular flexibility index (Phi) is 2.45. The van der Waals surface area contributed by atoms with E-state index in [4.69, 9.17) is 5.11 Å². The van der Waals surface area contributed by atoms with Crippen LogP contribution in [-0.2, 0) is 9.59 Å². The van der Waals surface area contributed by atoms with Crippen LogP contribution in [0.25, 0.3) is 0 Å². The predicted molar refractivity (Wildman–Crippen MR) is 37.7 cm³/mol. The molecule has 0 aromatic carbocycles. The van der Waals surface area contributed by atoms with Crippen molar-refractivity contribution in [3.05, 3.63) is 0 Å². The van der Waals surface area contributed by atoms with Gasteiger partial charge in [0.25, 0.3) is 5.12 Å².